The number of hydrogen-bond acceptors (Lipinski definition) is 3. The van der Waals surface area contributed by atoms with Crippen LogP contribution in [0.25, 0.3) is 0 Å². The van der Waals surface area contributed by atoms with E-state index >= 15 is 0 Å². The first-order valence-corrected chi connectivity index (χ1v) is 5.20. The van der Waals surface area contributed by atoms with E-state index in [0.29, 0.717) is 0 Å². The minimum atomic E-state index is 0.721. The molecule has 0 aromatic carbocycles. The van der Waals surface area contributed by atoms with Gasteiger partial charge in [0.1, 0.15) is 5.82 Å². The molecule has 4 heteroatoms. The SMILES string of the molecule is CCc1nccn1CCOCCS. The summed E-state index contributed by atoms with van der Waals surface area (Å²) in [6.07, 6.45) is 4.79. The molecule has 1 aromatic heterocycles. The van der Waals surface area contributed by atoms with Gasteiger partial charge in [0.2, 0.25) is 0 Å². The van der Waals surface area contributed by atoms with Gasteiger partial charge in [-0.2, -0.15) is 12.6 Å². The molecule has 3 nitrogen and oxygen atoms in total. The molecule has 0 bridgehead atoms. The van der Waals surface area contributed by atoms with Gasteiger partial charge in [0.25, 0.3) is 0 Å². The first-order valence-electron chi connectivity index (χ1n) is 4.57. The van der Waals surface area contributed by atoms with E-state index in [2.05, 4.69) is 29.1 Å². The predicted molar refractivity (Wildman–Crippen MR) is 56.3 cm³/mol. The van der Waals surface area contributed by atoms with E-state index < -0.39 is 0 Å². The van der Waals surface area contributed by atoms with Gasteiger partial charge >= 0.3 is 0 Å². The molecule has 0 radical (unpaired) electrons. The van der Waals surface area contributed by atoms with Crippen molar-refractivity contribution >= 4 is 12.6 Å². The molecule has 0 aliphatic rings. The second-order valence-electron chi connectivity index (χ2n) is 2.73. The third kappa shape index (κ3) is 3.40. The van der Waals surface area contributed by atoms with Crippen LogP contribution in [0.2, 0.25) is 0 Å². The largest absolute Gasteiger partial charge is 0.379 e. The summed E-state index contributed by atoms with van der Waals surface area (Å²) in [6.45, 7) is 4.45. The average Bonchev–Trinajstić information content (AvgIpc) is 2.60. The minimum absolute atomic E-state index is 0.721. The highest BCUT2D eigenvalue weighted by molar-refractivity contribution is 7.80. The van der Waals surface area contributed by atoms with Crippen molar-refractivity contribution in [3.05, 3.63) is 18.2 Å². The Bertz CT molecular complexity index is 237. The quantitative estimate of drug-likeness (QED) is 0.555. The average molecular weight is 200 g/mol. The Kier molecular flexibility index (Phi) is 4.93. The first-order chi connectivity index (χ1) is 6.38. The van der Waals surface area contributed by atoms with Crippen LogP contribution < -0.4 is 0 Å². The number of imidazole rings is 1. The fraction of sp³-hybridized carbons (Fsp3) is 0.667. The molecule has 0 saturated heterocycles. The molecule has 0 aliphatic heterocycles. The highest BCUT2D eigenvalue weighted by Gasteiger charge is 1.98. The van der Waals surface area contributed by atoms with E-state index in [4.69, 9.17) is 4.74 Å². The molecule has 0 N–H and O–H groups in total. The van der Waals surface area contributed by atoms with Crippen molar-refractivity contribution in [2.24, 2.45) is 0 Å². The van der Waals surface area contributed by atoms with Crippen LogP contribution in [0, 0.1) is 0 Å². The highest BCUT2D eigenvalue weighted by atomic mass is 32.1. The maximum Gasteiger partial charge on any atom is 0.108 e. The Balaban J connectivity index is 2.27. The van der Waals surface area contributed by atoms with E-state index in [9.17, 15) is 0 Å². The van der Waals surface area contributed by atoms with Gasteiger partial charge in [0, 0.05) is 31.1 Å². The molecule has 0 aliphatic carbocycles. The summed E-state index contributed by atoms with van der Waals surface area (Å²) in [5.74, 6) is 1.90. The third-order valence-corrected chi connectivity index (χ3v) is 2.01. The van der Waals surface area contributed by atoms with Gasteiger partial charge in [-0.1, -0.05) is 6.92 Å². The summed E-state index contributed by atoms with van der Waals surface area (Å²) in [6, 6.07) is 0. The molecule has 74 valence electrons. The number of hydrogen-bond donors (Lipinski definition) is 1. The van der Waals surface area contributed by atoms with Crippen molar-refractivity contribution in [1.29, 1.82) is 0 Å². The zero-order valence-corrected chi connectivity index (χ0v) is 8.83. The van der Waals surface area contributed by atoms with Gasteiger partial charge in [-0.25, -0.2) is 4.98 Å². The van der Waals surface area contributed by atoms with E-state index in [1.807, 2.05) is 12.4 Å². The van der Waals surface area contributed by atoms with Crippen molar-refractivity contribution in [2.45, 2.75) is 19.9 Å². The predicted octanol–water partition coefficient (Wildman–Crippen LogP) is 1.39. The molecule has 1 heterocycles. The highest BCUT2D eigenvalue weighted by Crippen LogP contribution is 1.98. The molecule has 0 unspecified atom stereocenters. The van der Waals surface area contributed by atoms with Crippen LogP contribution in [-0.2, 0) is 17.7 Å². The summed E-state index contributed by atoms with van der Waals surface area (Å²) in [4.78, 5) is 4.23. The lowest BCUT2D eigenvalue weighted by atomic mass is 10.4. The van der Waals surface area contributed by atoms with Crippen LogP contribution >= 0.6 is 12.6 Å². The molecule has 0 saturated carbocycles. The van der Waals surface area contributed by atoms with Crippen LogP contribution in [0.15, 0.2) is 12.4 Å². The van der Waals surface area contributed by atoms with Crippen molar-refractivity contribution in [2.75, 3.05) is 19.0 Å². The molecule has 0 amide bonds. The third-order valence-electron chi connectivity index (χ3n) is 1.83. The summed E-state index contributed by atoms with van der Waals surface area (Å²) < 4.78 is 7.45. The smallest absolute Gasteiger partial charge is 0.108 e. The number of aromatic nitrogens is 2. The summed E-state index contributed by atoms with van der Waals surface area (Å²) in [7, 11) is 0. The molecule has 13 heavy (non-hydrogen) atoms. The van der Waals surface area contributed by atoms with E-state index in [1.54, 1.807) is 0 Å². The van der Waals surface area contributed by atoms with Crippen LogP contribution in [-0.4, -0.2) is 28.5 Å². The second-order valence-corrected chi connectivity index (χ2v) is 3.17. The zero-order chi connectivity index (χ0) is 9.52. The lowest BCUT2D eigenvalue weighted by molar-refractivity contribution is 0.141. The fourth-order valence-corrected chi connectivity index (χ4v) is 1.32. The van der Waals surface area contributed by atoms with Crippen molar-refractivity contribution < 1.29 is 4.74 Å². The molecule has 0 atom stereocenters. The molecule has 1 aromatic rings. The number of ether oxygens (including phenoxy) is 1. The van der Waals surface area contributed by atoms with Crippen molar-refractivity contribution in [1.82, 2.24) is 9.55 Å². The van der Waals surface area contributed by atoms with Crippen LogP contribution in [0.4, 0.5) is 0 Å². The normalized spacial score (nSPS) is 10.6. The number of thiol groups is 1. The van der Waals surface area contributed by atoms with Gasteiger partial charge in [-0.05, 0) is 0 Å². The Morgan fingerprint density at radius 2 is 2.38 bits per heavy atom. The van der Waals surface area contributed by atoms with E-state index in [1.165, 1.54) is 0 Å². The van der Waals surface area contributed by atoms with Gasteiger partial charge in [0.05, 0.1) is 13.2 Å². The van der Waals surface area contributed by atoms with Gasteiger partial charge in [-0.15, -0.1) is 0 Å². The molecular weight excluding hydrogens is 184 g/mol. The number of nitrogens with zero attached hydrogens (tertiary/aromatic N) is 2. The van der Waals surface area contributed by atoms with Crippen LogP contribution in [0.3, 0.4) is 0 Å². The lowest BCUT2D eigenvalue weighted by Crippen LogP contribution is -2.09. The Labute approximate surface area is 84.5 Å². The molecule has 0 fully saturated rings. The van der Waals surface area contributed by atoms with Crippen LogP contribution in [0.1, 0.15) is 12.7 Å². The van der Waals surface area contributed by atoms with Crippen molar-refractivity contribution in [3.8, 4) is 0 Å². The van der Waals surface area contributed by atoms with E-state index in [0.717, 1.165) is 37.8 Å². The molecule has 0 spiro atoms. The lowest BCUT2D eigenvalue weighted by Gasteiger charge is -2.06. The Hall–Kier alpha value is -0.480. The Morgan fingerprint density at radius 3 is 3.08 bits per heavy atom. The zero-order valence-electron chi connectivity index (χ0n) is 7.94. The first kappa shape index (κ1) is 10.6. The second kappa shape index (κ2) is 6.05. The summed E-state index contributed by atoms with van der Waals surface area (Å²) >= 11 is 4.06. The van der Waals surface area contributed by atoms with Gasteiger partial charge in [0.15, 0.2) is 0 Å². The summed E-state index contributed by atoms with van der Waals surface area (Å²) in [5.41, 5.74) is 0. The monoisotopic (exact) mass is 200 g/mol. The number of aryl methyl sites for hydroxylation is 1. The van der Waals surface area contributed by atoms with Gasteiger partial charge in [-0.3, -0.25) is 0 Å². The molecular formula is C9H16N2OS. The van der Waals surface area contributed by atoms with Crippen LogP contribution in [0.5, 0.6) is 0 Å². The topological polar surface area (TPSA) is 27.1 Å². The van der Waals surface area contributed by atoms with E-state index in [-0.39, 0.29) is 0 Å². The maximum absolute atomic E-state index is 5.33. The number of rotatable bonds is 6. The maximum atomic E-state index is 5.33. The summed E-state index contributed by atoms with van der Waals surface area (Å²) in [5, 5.41) is 0. The van der Waals surface area contributed by atoms with Gasteiger partial charge < -0.3 is 9.30 Å². The standard InChI is InChI=1S/C9H16N2OS/c1-2-9-10-3-4-11(9)5-6-12-7-8-13/h3-4,13H,2,5-8H2,1H3. The molecule has 1 rings (SSSR count). The Morgan fingerprint density at radius 1 is 1.54 bits per heavy atom. The van der Waals surface area contributed by atoms with Crippen molar-refractivity contribution in [3.63, 3.8) is 0 Å². The minimum Gasteiger partial charge on any atom is -0.379 e. The fourth-order valence-electron chi connectivity index (χ4n) is 1.19.